The maximum Gasteiger partial charge on any atom is 0.270 e. The van der Waals surface area contributed by atoms with Gasteiger partial charge >= 0.3 is 0 Å². The maximum atomic E-state index is 12.9. The molecule has 0 atom stereocenters. The fourth-order valence-electron chi connectivity index (χ4n) is 3.73. The summed E-state index contributed by atoms with van der Waals surface area (Å²) >= 11 is 1.75. The molecule has 0 spiro atoms. The van der Waals surface area contributed by atoms with Gasteiger partial charge in [-0.05, 0) is 18.2 Å². The van der Waals surface area contributed by atoms with Gasteiger partial charge in [0.2, 0.25) is 10.0 Å². The molecule has 30 heavy (non-hydrogen) atoms. The van der Waals surface area contributed by atoms with Gasteiger partial charge in [0.05, 0.1) is 7.11 Å². The van der Waals surface area contributed by atoms with Crippen LogP contribution in [0.3, 0.4) is 0 Å². The van der Waals surface area contributed by atoms with Crippen molar-refractivity contribution in [1.82, 2.24) is 14.2 Å². The molecule has 2 fully saturated rings. The molecule has 4 rings (SSSR count). The number of aromatic nitrogens is 1. The van der Waals surface area contributed by atoms with E-state index in [2.05, 4.69) is 9.88 Å². The monoisotopic (exact) mass is 450 g/mol. The van der Waals surface area contributed by atoms with E-state index in [1.165, 1.54) is 16.6 Å². The Labute approximate surface area is 181 Å². The second-order valence-corrected chi connectivity index (χ2v) is 10.4. The molecule has 0 radical (unpaired) electrons. The smallest absolute Gasteiger partial charge is 0.270 e. The molecule has 1 aromatic heterocycles. The number of hydrogen-bond acceptors (Lipinski definition) is 6. The van der Waals surface area contributed by atoms with Crippen LogP contribution < -0.4 is 9.64 Å². The zero-order valence-corrected chi connectivity index (χ0v) is 18.5. The molecule has 1 N–H and O–H groups in total. The van der Waals surface area contributed by atoms with E-state index in [0.717, 1.165) is 22.9 Å². The summed E-state index contributed by atoms with van der Waals surface area (Å²) in [5, 5.41) is 0. The van der Waals surface area contributed by atoms with E-state index in [0.29, 0.717) is 45.0 Å². The zero-order chi connectivity index (χ0) is 21.1. The van der Waals surface area contributed by atoms with Crippen LogP contribution in [0.4, 0.5) is 5.69 Å². The molecule has 1 aromatic carbocycles. The zero-order valence-electron chi connectivity index (χ0n) is 16.9. The lowest BCUT2D eigenvalue weighted by Crippen LogP contribution is -2.48. The molecule has 2 aliphatic heterocycles. The third kappa shape index (κ3) is 4.30. The normalized spacial score (nSPS) is 18.4. The van der Waals surface area contributed by atoms with Gasteiger partial charge in [0.15, 0.2) is 0 Å². The molecule has 0 saturated carbocycles. The van der Waals surface area contributed by atoms with Crippen LogP contribution in [0.15, 0.2) is 41.4 Å². The van der Waals surface area contributed by atoms with E-state index in [1.807, 2.05) is 24.3 Å². The van der Waals surface area contributed by atoms with Crippen molar-refractivity contribution in [3.8, 4) is 5.75 Å². The lowest BCUT2D eigenvalue weighted by Gasteiger charge is -2.36. The fraction of sp³-hybridized carbons (Fsp3) is 0.450. The Hall–Kier alpha value is -2.17. The summed E-state index contributed by atoms with van der Waals surface area (Å²) in [6.45, 7) is 3.56. The minimum atomic E-state index is -3.56. The molecule has 2 aliphatic rings. The van der Waals surface area contributed by atoms with Crippen molar-refractivity contribution in [2.75, 3.05) is 62.8 Å². The van der Waals surface area contributed by atoms with E-state index in [4.69, 9.17) is 4.74 Å². The first-order valence-electron chi connectivity index (χ1n) is 9.93. The Bertz CT molecular complexity index is 994. The summed E-state index contributed by atoms with van der Waals surface area (Å²) in [4.78, 5) is 19.9. The Morgan fingerprint density at radius 1 is 1.07 bits per heavy atom. The number of carbonyl (C=O) groups excluding carboxylic acids is 1. The van der Waals surface area contributed by atoms with Crippen LogP contribution in [0.2, 0.25) is 0 Å². The number of H-pyrrole nitrogens is 1. The minimum absolute atomic E-state index is 0.160. The molecular formula is C20H26N4O4S2. The topological polar surface area (TPSA) is 85.9 Å². The number of nitrogens with zero attached hydrogens (tertiary/aromatic N) is 3. The van der Waals surface area contributed by atoms with Crippen molar-refractivity contribution in [2.45, 2.75) is 4.90 Å². The number of rotatable bonds is 5. The average molecular weight is 451 g/mol. The third-order valence-electron chi connectivity index (χ3n) is 5.48. The number of thioether (sulfide) groups is 1. The molecule has 0 aliphatic carbocycles. The first kappa shape index (κ1) is 21.1. The first-order chi connectivity index (χ1) is 14.5. The average Bonchev–Trinajstić information content (AvgIpc) is 3.30. The van der Waals surface area contributed by atoms with Gasteiger partial charge in [-0.15, -0.1) is 0 Å². The number of aromatic amines is 1. The molecule has 10 heteroatoms. The van der Waals surface area contributed by atoms with Gasteiger partial charge in [0.25, 0.3) is 5.91 Å². The van der Waals surface area contributed by atoms with Crippen molar-refractivity contribution < 1.29 is 17.9 Å². The summed E-state index contributed by atoms with van der Waals surface area (Å²) in [7, 11) is -1.92. The van der Waals surface area contributed by atoms with Crippen LogP contribution in [0.5, 0.6) is 5.75 Å². The van der Waals surface area contributed by atoms with Crippen LogP contribution in [0, 0.1) is 0 Å². The molecule has 1 amide bonds. The van der Waals surface area contributed by atoms with Crippen molar-refractivity contribution in [2.24, 2.45) is 0 Å². The van der Waals surface area contributed by atoms with Gasteiger partial charge in [-0.1, -0.05) is 6.07 Å². The molecule has 3 heterocycles. The molecule has 2 saturated heterocycles. The molecule has 8 nitrogen and oxygen atoms in total. The van der Waals surface area contributed by atoms with E-state index in [9.17, 15) is 13.2 Å². The second-order valence-electron chi connectivity index (χ2n) is 7.25. The molecule has 0 bridgehead atoms. The number of benzene rings is 1. The van der Waals surface area contributed by atoms with Gasteiger partial charge in [-0.3, -0.25) is 4.79 Å². The SMILES string of the molecule is COc1cccc(N2CCN(C(=O)c3cc(S(=O)(=O)N4CCSCC4)c[nH]3)CC2)c1. The number of anilines is 1. The predicted octanol–water partition coefficient (Wildman–Crippen LogP) is 1.72. The Kier molecular flexibility index (Phi) is 6.26. The lowest BCUT2D eigenvalue weighted by molar-refractivity contribution is 0.0741. The summed E-state index contributed by atoms with van der Waals surface area (Å²) < 4.78 is 32.4. The van der Waals surface area contributed by atoms with Gasteiger partial charge in [-0.2, -0.15) is 16.1 Å². The van der Waals surface area contributed by atoms with E-state index in [-0.39, 0.29) is 10.8 Å². The highest BCUT2D eigenvalue weighted by Crippen LogP contribution is 2.24. The van der Waals surface area contributed by atoms with Gasteiger partial charge in [0, 0.05) is 68.7 Å². The van der Waals surface area contributed by atoms with E-state index in [1.54, 1.807) is 23.8 Å². The number of amides is 1. The summed E-state index contributed by atoms with van der Waals surface area (Å²) in [5.41, 5.74) is 1.38. The Morgan fingerprint density at radius 2 is 1.80 bits per heavy atom. The van der Waals surface area contributed by atoms with Gasteiger partial charge < -0.3 is 19.5 Å². The van der Waals surface area contributed by atoms with E-state index < -0.39 is 10.0 Å². The number of piperazine rings is 1. The highest BCUT2D eigenvalue weighted by atomic mass is 32.2. The summed E-state index contributed by atoms with van der Waals surface area (Å²) in [5.74, 6) is 2.23. The van der Waals surface area contributed by atoms with Gasteiger partial charge in [-0.25, -0.2) is 8.42 Å². The van der Waals surface area contributed by atoms with E-state index >= 15 is 0 Å². The number of nitrogens with one attached hydrogen (secondary N) is 1. The van der Waals surface area contributed by atoms with Crippen LogP contribution in [0.1, 0.15) is 10.5 Å². The number of sulfonamides is 1. The minimum Gasteiger partial charge on any atom is -0.497 e. The summed E-state index contributed by atoms with van der Waals surface area (Å²) in [6.07, 6.45) is 1.43. The highest BCUT2D eigenvalue weighted by Gasteiger charge is 2.29. The Balaban J connectivity index is 1.40. The maximum absolute atomic E-state index is 12.9. The number of ether oxygens (including phenoxy) is 1. The second kappa shape index (κ2) is 8.91. The number of carbonyl (C=O) groups is 1. The van der Waals surface area contributed by atoms with Gasteiger partial charge in [0.1, 0.15) is 16.3 Å². The Morgan fingerprint density at radius 3 is 2.50 bits per heavy atom. The third-order valence-corrected chi connectivity index (χ3v) is 8.30. The summed E-state index contributed by atoms with van der Waals surface area (Å²) in [6, 6.07) is 9.34. The molecule has 2 aromatic rings. The number of methoxy groups -OCH3 is 1. The van der Waals surface area contributed by atoms with Crippen LogP contribution in [0.25, 0.3) is 0 Å². The van der Waals surface area contributed by atoms with Crippen LogP contribution in [-0.4, -0.2) is 86.4 Å². The molecule has 0 unspecified atom stereocenters. The molecular weight excluding hydrogens is 424 g/mol. The first-order valence-corrected chi connectivity index (χ1v) is 12.5. The largest absolute Gasteiger partial charge is 0.497 e. The predicted molar refractivity (Wildman–Crippen MR) is 118 cm³/mol. The highest BCUT2D eigenvalue weighted by molar-refractivity contribution is 7.99. The fourth-order valence-corrected chi connectivity index (χ4v) is 6.30. The molecule has 162 valence electrons. The van der Waals surface area contributed by atoms with Crippen molar-refractivity contribution in [3.05, 3.63) is 42.2 Å². The van der Waals surface area contributed by atoms with Crippen LogP contribution >= 0.6 is 11.8 Å². The van der Waals surface area contributed by atoms with Crippen molar-refractivity contribution in [3.63, 3.8) is 0 Å². The van der Waals surface area contributed by atoms with Crippen LogP contribution in [-0.2, 0) is 10.0 Å². The number of hydrogen-bond donors (Lipinski definition) is 1. The van der Waals surface area contributed by atoms with Crippen molar-refractivity contribution >= 4 is 33.4 Å². The quantitative estimate of drug-likeness (QED) is 0.747. The standard InChI is InChI=1S/C20H26N4O4S2/c1-28-17-4-2-3-16(13-17)22-5-7-23(8-6-22)20(25)19-14-18(15-21-19)30(26,27)24-9-11-29-12-10-24/h2-4,13-15,21H,5-12H2,1H3. The van der Waals surface area contributed by atoms with Crippen molar-refractivity contribution in [1.29, 1.82) is 0 Å². The lowest BCUT2D eigenvalue weighted by atomic mass is 10.2.